The van der Waals surface area contributed by atoms with Crippen LogP contribution in [0.3, 0.4) is 0 Å². The summed E-state index contributed by atoms with van der Waals surface area (Å²) in [6.45, 7) is 1.70. The molecule has 4 heteroatoms. The van der Waals surface area contributed by atoms with Crippen LogP contribution in [-0.4, -0.2) is 43.3 Å². The van der Waals surface area contributed by atoms with Gasteiger partial charge in [-0.25, -0.2) is 4.79 Å². The van der Waals surface area contributed by atoms with Crippen LogP contribution < -0.4 is 5.32 Å². The predicted molar refractivity (Wildman–Crippen MR) is 53.2 cm³/mol. The number of urea groups is 1. The smallest absolute Gasteiger partial charge is 0.317 e. The molecule has 0 aromatic rings. The highest BCUT2D eigenvalue weighted by Crippen LogP contribution is 2.27. The van der Waals surface area contributed by atoms with Crippen molar-refractivity contribution in [3.05, 3.63) is 0 Å². The molecule has 1 heterocycles. The highest BCUT2D eigenvalue weighted by atomic mass is 16.5. The van der Waals surface area contributed by atoms with Gasteiger partial charge in [0.1, 0.15) is 0 Å². The lowest BCUT2D eigenvalue weighted by Crippen LogP contribution is -2.53. The zero-order valence-electron chi connectivity index (χ0n) is 8.66. The zero-order chi connectivity index (χ0) is 9.97. The molecule has 0 bridgehead atoms. The predicted octanol–water partition coefficient (Wildman–Crippen LogP) is 0.969. The molecule has 0 aromatic heterocycles. The SMILES string of the molecule is COC1CCCC1N1CCCNC1=O. The van der Waals surface area contributed by atoms with Crippen molar-refractivity contribution < 1.29 is 9.53 Å². The first-order valence-electron chi connectivity index (χ1n) is 5.40. The molecular weight excluding hydrogens is 180 g/mol. The third kappa shape index (κ3) is 1.71. The number of nitrogens with zero attached hydrogens (tertiary/aromatic N) is 1. The molecule has 1 saturated carbocycles. The Morgan fingerprint density at radius 3 is 3.00 bits per heavy atom. The molecule has 0 radical (unpaired) electrons. The Hall–Kier alpha value is -0.770. The number of hydrogen-bond donors (Lipinski definition) is 1. The molecule has 2 unspecified atom stereocenters. The summed E-state index contributed by atoms with van der Waals surface area (Å²) >= 11 is 0. The molecule has 80 valence electrons. The van der Waals surface area contributed by atoms with Crippen molar-refractivity contribution in [2.45, 2.75) is 37.8 Å². The molecule has 1 saturated heterocycles. The maximum atomic E-state index is 11.6. The molecule has 2 rings (SSSR count). The lowest BCUT2D eigenvalue weighted by molar-refractivity contribution is 0.0423. The van der Waals surface area contributed by atoms with E-state index in [-0.39, 0.29) is 12.1 Å². The summed E-state index contributed by atoms with van der Waals surface area (Å²) in [5.41, 5.74) is 0. The fraction of sp³-hybridized carbons (Fsp3) is 0.900. The van der Waals surface area contributed by atoms with Crippen LogP contribution in [0.15, 0.2) is 0 Å². The van der Waals surface area contributed by atoms with Gasteiger partial charge in [-0.3, -0.25) is 0 Å². The van der Waals surface area contributed by atoms with Gasteiger partial charge < -0.3 is 15.0 Å². The van der Waals surface area contributed by atoms with Crippen LogP contribution in [-0.2, 0) is 4.74 Å². The quantitative estimate of drug-likeness (QED) is 0.718. The second kappa shape index (κ2) is 4.17. The Morgan fingerprint density at radius 1 is 1.43 bits per heavy atom. The largest absolute Gasteiger partial charge is 0.379 e. The minimum absolute atomic E-state index is 0.0881. The van der Waals surface area contributed by atoms with E-state index in [4.69, 9.17) is 4.74 Å². The number of hydrogen-bond acceptors (Lipinski definition) is 2. The molecule has 2 fully saturated rings. The first kappa shape index (κ1) is 9.77. The summed E-state index contributed by atoms with van der Waals surface area (Å²) in [5, 5.41) is 2.89. The minimum atomic E-state index is 0.0881. The van der Waals surface area contributed by atoms with Crippen LogP contribution in [0.2, 0.25) is 0 Å². The molecule has 1 aliphatic heterocycles. The van der Waals surface area contributed by atoms with Gasteiger partial charge >= 0.3 is 6.03 Å². The van der Waals surface area contributed by atoms with E-state index in [0.717, 1.165) is 32.4 Å². The van der Waals surface area contributed by atoms with E-state index >= 15 is 0 Å². The highest BCUT2D eigenvalue weighted by Gasteiger charge is 2.35. The monoisotopic (exact) mass is 198 g/mol. The van der Waals surface area contributed by atoms with Gasteiger partial charge in [0.2, 0.25) is 0 Å². The van der Waals surface area contributed by atoms with Gasteiger partial charge in [-0.1, -0.05) is 0 Å². The lowest BCUT2D eigenvalue weighted by atomic mass is 10.1. The van der Waals surface area contributed by atoms with Crippen LogP contribution in [0, 0.1) is 0 Å². The maximum Gasteiger partial charge on any atom is 0.317 e. The topological polar surface area (TPSA) is 41.6 Å². The average Bonchev–Trinajstić information content (AvgIpc) is 2.66. The summed E-state index contributed by atoms with van der Waals surface area (Å²) in [4.78, 5) is 13.6. The summed E-state index contributed by atoms with van der Waals surface area (Å²) in [5.74, 6) is 0. The van der Waals surface area contributed by atoms with Crippen molar-refractivity contribution in [1.82, 2.24) is 10.2 Å². The summed E-state index contributed by atoms with van der Waals surface area (Å²) in [7, 11) is 1.74. The van der Waals surface area contributed by atoms with Crippen LogP contribution in [0.1, 0.15) is 25.7 Å². The van der Waals surface area contributed by atoms with Gasteiger partial charge in [-0.15, -0.1) is 0 Å². The fourth-order valence-corrected chi connectivity index (χ4v) is 2.50. The van der Waals surface area contributed by atoms with E-state index in [1.807, 2.05) is 4.90 Å². The normalized spacial score (nSPS) is 33.2. The van der Waals surface area contributed by atoms with Crippen molar-refractivity contribution in [3.63, 3.8) is 0 Å². The van der Waals surface area contributed by atoms with Crippen molar-refractivity contribution in [2.75, 3.05) is 20.2 Å². The van der Waals surface area contributed by atoms with E-state index < -0.39 is 0 Å². The molecular formula is C10H18N2O2. The van der Waals surface area contributed by atoms with Crippen LogP contribution in [0.4, 0.5) is 4.79 Å². The van der Waals surface area contributed by atoms with Gasteiger partial charge in [0.15, 0.2) is 0 Å². The van der Waals surface area contributed by atoms with Crippen molar-refractivity contribution >= 4 is 6.03 Å². The number of rotatable bonds is 2. The van der Waals surface area contributed by atoms with Gasteiger partial charge in [-0.05, 0) is 25.7 Å². The fourth-order valence-electron chi connectivity index (χ4n) is 2.50. The Morgan fingerprint density at radius 2 is 2.29 bits per heavy atom. The average molecular weight is 198 g/mol. The number of nitrogens with one attached hydrogen (secondary N) is 1. The van der Waals surface area contributed by atoms with Gasteiger partial charge in [0.05, 0.1) is 12.1 Å². The highest BCUT2D eigenvalue weighted by molar-refractivity contribution is 5.75. The van der Waals surface area contributed by atoms with Gasteiger partial charge in [0, 0.05) is 20.2 Å². The molecule has 0 aromatic carbocycles. The van der Waals surface area contributed by atoms with E-state index in [1.165, 1.54) is 6.42 Å². The van der Waals surface area contributed by atoms with Crippen molar-refractivity contribution in [3.8, 4) is 0 Å². The van der Waals surface area contributed by atoms with Crippen LogP contribution in [0.25, 0.3) is 0 Å². The first-order chi connectivity index (χ1) is 6.83. The summed E-state index contributed by atoms with van der Waals surface area (Å²) in [6, 6.07) is 0.394. The molecule has 2 atom stereocenters. The van der Waals surface area contributed by atoms with E-state index in [2.05, 4.69) is 5.32 Å². The third-order valence-corrected chi connectivity index (χ3v) is 3.23. The number of amides is 2. The number of carbonyl (C=O) groups is 1. The second-order valence-corrected chi connectivity index (χ2v) is 4.05. The molecule has 1 aliphatic carbocycles. The minimum Gasteiger partial charge on any atom is -0.379 e. The van der Waals surface area contributed by atoms with Crippen molar-refractivity contribution in [1.29, 1.82) is 0 Å². The molecule has 1 N–H and O–H groups in total. The zero-order valence-corrected chi connectivity index (χ0v) is 8.66. The maximum absolute atomic E-state index is 11.6. The van der Waals surface area contributed by atoms with E-state index in [0.29, 0.717) is 6.04 Å². The van der Waals surface area contributed by atoms with Crippen LogP contribution >= 0.6 is 0 Å². The Bertz CT molecular complexity index is 220. The van der Waals surface area contributed by atoms with E-state index in [1.54, 1.807) is 7.11 Å². The van der Waals surface area contributed by atoms with Gasteiger partial charge in [-0.2, -0.15) is 0 Å². The molecule has 14 heavy (non-hydrogen) atoms. The van der Waals surface area contributed by atoms with Crippen LogP contribution in [0.5, 0.6) is 0 Å². The standard InChI is InChI=1S/C10H18N2O2/c1-14-9-5-2-4-8(9)12-7-3-6-11-10(12)13/h8-9H,2-7H2,1H3,(H,11,13). The summed E-state index contributed by atoms with van der Waals surface area (Å²) in [6.07, 6.45) is 4.65. The molecule has 4 nitrogen and oxygen atoms in total. The Labute approximate surface area is 84.6 Å². The van der Waals surface area contributed by atoms with E-state index in [9.17, 15) is 4.79 Å². The molecule has 0 spiro atoms. The molecule has 2 aliphatic rings. The second-order valence-electron chi connectivity index (χ2n) is 4.05. The Balaban J connectivity index is 2.01. The number of ether oxygens (including phenoxy) is 1. The number of carbonyl (C=O) groups excluding carboxylic acids is 1. The Kier molecular flexibility index (Phi) is 2.91. The summed E-state index contributed by atoms with van der Waals surface area (Å²) < 4.78 is 5.40. The molecule has 2 amide bonds. The first-order valence-corrected chi connectivity index (χ1v) is 5.40. The van der Waals surface area contributed by atoms with Gasteiger partial charge in [0.25, 0.3) is 0 Å². The third-order valence-electron chi connectivity index (χ3n) is 3.23. The van der Waals surface area contributed by atoms with Crippen molar-refractivity contribution in [2.24, 2.45) is 0 Å². The number of methoxy groups -OCH3 is 1. The lowest BCUT2D eigenvalue weighted by Gasteiger charge is -2.35.